The molecule has 3 rings (SSSR count). The van der Waals surface area contributed by atoms with Crippen molar-refractivity contribution in [3.05, 3.63) is 46.4 Å². The van der Waals surface area contributed by atoms with Crippen molar-refractivity contribution in [2.45, 2.75) is 39.8 Å². The molecule has 0 aliphatic heterocycles. The number of nitrogens with zero attached hydrogens (tertiary/aromatic N) is 3. The summed E-state index contributed by atoms with van der Waals surface area (Å²) >= 11 is 0. The topological polar surface area (TPSA) is 68.4 Å². The second-order valence-electron chi connectivity index (χ2n) is 5.82. The van der Waals surface area contributed by atoms with E-state index in [2.05, 4.69) is 10.3 Å². The van der Waals surface area contributed by atoms with E-state index in [1.54, 1.807) is 0 Å². The van der Waals surface area contributed by atoms with E-state index in [0.29, 0.717) is 5.65 Å². The number of amides is 1. The highest BCUT2D eigenvalue weighted by Crippen LogP contribution is 2.21. The van der Waals surface area contributed by atoms with Crippen molar-refractivity contribution in [1.82, 2.24) is 19.5 Å². The van der Waals surface area contributed by atoms with Crippen LogP contribution in [0.1, 0.15) is 26.0 Å². The van der Waals surface area contributed by atoms with Gasteiger partial charge in [-0.15, -0.1) is 0 Å². The quantitative estimate of drug-likeness (QED) is 0.799. The highest BCUT2D eigenvalue weighted by atomic mass is 16.2. The number of hydrogen-bond acceptors (Lipinski definition) is 3. The summed E-state index contributed by atoms with van der Waals surface area (Å²) in [5.74, 6) is -0.0555. The molecule has 23 heavy (non-hydrogen) atoms. The maximum absolute atomic E-state index is 12.3. The lowest BCUT2D eigenvalue weighted by Gasteiger charge is -2.14. The van der Waals surface area contributed by atoms with E-state index < -0.39 is 0 Å². The largest absolute Gasteiger partial charge is 0.352 e. The molecule has 0 fully saturated rings. The SMILES string of the molecule is CC[C@H](C)NC(=O)Cn1c2ccccc2c2nc(=O)cc(C)n21. The van der Waals surface area contributed by atoms with Crippen LogP contribution in [0.25, 0.3) is 16.6 Å². The van der Waals surface area contributed by atoms with Gasteiger partial charge in [0.05, 0.1) is 5.52 Å². The van der Waals surface area contributed by atoms with Gasteiger partial charge in [0.1, 0.15) is 6.54 Å². The number of nitrogens with one attached hydrogen (secondary N) is 1. The smallest absolute Gasteiger partial charge is 0.273 e. The zero-order valence-electron chi connectivity index (χ0n) is 13.5. The molecule has 6 heteroatoms. The van der Waals surface area contributed by atoms with E-state index in [0.717, 1.165) is 23.0 Å². The number of carbonyl (C=O) groups excluding carboxylic acids is 1. The number of aromatic nitrogens is 3. The normalized spacial score (nSPS) is 12.7. The van der Waals surface area contributed by atoms with Crippen molar-refractivity contribution in [1.29, 1.82) is 0 Å². The first-order valence-electron chi connectivity index (χ1n) is 7.78. The summed E-state index contributed by atoms with van der Waals surface area (Å²) in [4.78, 5) is 28.2. The number of aryl methyl sites for hydroxylation is 1. The fraction of sp³-hybridized carbons (Fsp3) is 0.353. The number of benzene rings is 1. The van der Waals surface area contributed by atoms with Crippen LogP contribution in [0, 0.1) is 6.92 Å². The molecule has 120 valence electrons. The first-order valence-corrected chi connectivity index (χ1v) is 7.78. The van der Waals surface area contributed by atoms with Gasteiger partial charge in [-0.25, -0.2) is 4.52 Å². The number of para-hydroxylation sites is 1. The molecular formula is C17H20N4O2. The van der Waals surface area contributed by atoms with Crippen LogP contribution >= 0.6 is 0 Å². The van der Waals surface area contributed by atoms with Gasteiger partial charge in [0.25, 0.3) is 5.56 Å². The summed E-state index contributed by atoms with van der Waals surface area (Å²) in [6.45, 7) is 6.04. The first-order chi connectivity index (χ1) is 11.0. The Kier molecular flexibility index (Phi) is 3.90. The fourth-order valence-corrected chi connectivity index (χ4v) is 2.78. The van der Waals surface area contributed by atoms with Crippen LogP contribution in [0.15, 0.2) is 35.1 Å². The molecule has 0 radical (unpaired) electrons. The van der Waals surface area contributed by atoms with Gasteiger partial charge < -0.3 is 5.32 Å². The van der Waals surface area contributed by atoms with Crippen molar-refractivity contribution in [2.75, 3.05) is 0 Å². The van der Waals surface area contributed by atoms with Gasteiger partial charge in [0, 0.05) is 23.2 Å². The molecule has 0 spiro atoms. The van der Waals surface area contributed by atoms with E-state index in [4.69, 9.17) is 0 Å². The Hall–Kier alpha value is -2.63. The number of carbonyl (C=O) groups is 1. The molecule has 0 unspecified atom stereocenters. The molecule has 0 aliphatic rings. The maximum atomic E-state index is 12.3. The van der Waals surface area contributed by atoms with Crippen LogP contribution in [0.4, 0.5) is 0 Å². The molecule has 0 aliphatic carbocycles. The van der Waals surface area contributed by atoms with Crippen molar-refractivity contribution in [3.8, 4) is 0 Å². The molecule has 3 aromatic rings. The van der Waals surface area contributed by atoms with Crippen molar-refractivity contribution >= 4 is 22.5 Å². The zero-order valence-corrected chi connectivity index (χ0v) is 13.5. The van der Waals surface area contributed by atoms with Gasteiger partial charge in [-0.2, -0.15) is 4.98 Å². The minimum absolute atomic E-state index is 0.0555. The average molecular weight is 312 g/mol. The molecule has 1 amide bonds. The Morgan fingerprint density at radius 1 is 1.35 bits per heavy atom. The van der Waals surface area contributed by atoms with Crippen molar-refractivity contribution in [2.24, 2.45) is 0 Å². The minimum atomic E-state index is -0.269. The third-order valence-electron chi connectivity index (χ3n) is 4.06. The zero-order chi connectivity index (χ0) is 16.6. The minimum Gasteiger partial charge on any atom is -0.352 e. The number of fused-ring (bicyclic) bond motifs is 3. The van der Waals surface area contributed by atoms with Crippen molar-refractivity contribution in [3.63, 3.8) is 0 Å². The Balaban J connectivity index is 2.18. The predicted octanol–water partition coefficient (Wildman–Crippen LogP) is 1.87. The third kappa shape index (κ3) is 2.72. The summed E-state index contributed by atoms with van der Waals surface area (Å²) in [5, 5.41) is 3.84. The Bertz CT molecular complexity index is 939. The molecule has 1 atom stereocenters. The summed E-state index contributed by atoms with van der Waals surface area (Å²) in [6, 6.07) is 9.28. The fourth-order valence-electron chi connectivity index (χ4n) is 2.78. The van der Waals surface area contributed by atoms with Gasteiger partial charge >= 0.3 is 0 Å². The van der Waals surface area contributed by atoms with Crippen LogP contribution < -0.4 is 10.9 Å². The first kappa shape index (κ1) is 15.3. The highest BCUT2D eigenvalue weighted by molar-refractivity contribution is 5.93. The second kappa shape index (κ2) is 5.87. The Morgan fingerprint density at radius 3 is 2.83 bits per heavy atom. The summed E-state index contributed by atoms with van der Waals surface area (Å²) in [5.41, 5.74) is 1.96. The average Bonchev–Trinajstić information content (AvgIpc) is 2.81. The molecule has 0 bridgehead atoms. The van der Waals surface area contributed by atoms with Crippen LogP contribution in [0.5, 0.6) is 0 Å². The van der Waals surface area contributed by atoms with Crippen LogP contribution in [0.3, 0.4) is 0 Å². The predicted molar refractivity (Wildman–Crippen MR) is 89.6 cm³/mol. The maximum Gasteiger partial charge on any atom is 0.273 e. The number of hydrogen-bond donors (Lipinski definition) is 1. The van der Waals surface area contributed by atoms with Gasteiger partial charge in [-0.05, 0) is 32.4 Å². The van der Waals surface area contributed by atoms with Gasteiger partial charge in [0.2, 0.25) is 5.91 Å². The molecule has 6 nitrogen and oxygen atoms in total. The van der Waals surface area contributed by atoms with Crippen LogP contribution in [-0.4, -0.2) is 26.1 Å². The standard InChI is InChI=1S/C17H20N4O2/c1-4-11(2)18-16(23)10-20-14-8-6-5-7-13(14)17-19-15(22)9-12(3)21(17)20/h5-9,11H,4,10H2,1-3H3,(H,18,23)/t11-/m0/s1. The van der Waals surface area contributed by atoms with Crippen LogP contribution in [0.2, 0.25) is 0 Å². The molecule has 1 aromatic carbocycles. The molecule has 2 heterocycles. The lowest BCUT2D eigenvalue weighted by atomic mass is 10.2. The number of rotatable bonds is 4. The lowest BCUT2D eigenvalue weighted by molar-refractivity contribution is -0.122. The van der Waals surface area contributed by atoms with E-state index in [1.807, 2.05) is 54.2 Å². The van der Waals surface area contributed by atoms with E-state index >= 15 is 0 Å². The second-order valence-corrected chi connectivity index (χ2v) is 5.82. The van der Waals surface area contributed by atoms with Gasteiger partial charge in [0.15, 0.2) is 5.65 Å². The van der Waals surface area contributed by atoms with E-state index in [9.17, 15) is 9.59 Å². The Morgan fingerprint density at radius 2 is 2.09 bits per heavy atom. The Labute approximate surface area is 133 Å². The lowest BCUT2D eigenvalue weighted by Crippen LogP contribution is -2.35. The van der Waals surface area contributed by atoms with E-state index in [1.165, 1.54) is 6.07 Å². The van der Waals surface area contributed by atoms with Gasteiger partial charge in [-0.3, -0.25) is 14.3 Å². The van der Waals surface area contributed by atoms with Crippen LogP contribution in [-0.2, 0) is 11.3 Å². The molecule has 1 N–H and O–H groups in total. The summed E-state index contributed by atoms with van der Waals surface area (Å²) in [7, 11) is 0. The highest BCUT2D eigenvalue weighted by Gasteiger charge is 2.16. The monoisotopic (exact) mass is 312 g/mol. The third-order valence-corrected chi connectivity index (χ3v) is 4.06. The molecular weight excluding hydrogens is 292 g/mol. The summed E-state index contributed by atoms with van der Waals surface area (Å²) in [6.07, 6.45) is 0.881. The summed E-state index contributed by atoms with van der Waals surface area (Å²) < 4.78 is 3.70. The molecule has 2 aromatic heterocycles. The van der Waals surface area contributed by atoms with E-state index in [-0.39, 0.29) is 24.1 Å². The van der Waals surface area contributed by atoms with Crippen molar-refractivity contribution < 1.29 is 4.79 Å². The van der Waals surface area contributed by atoms with Gasteiger partial charge in [-0.1, -0.05) is 19.1 Å². The molecule has 0 saturated heterocycles. The molecule has 0 saturated carbocycles.